The van der Waals surface area contributed by atoms with Crippen molar-refractivity contribution in [3.05, 3.63) is 29.3 Å². The highest BCUT2D eigenvalue weighted by Crippen LogP contribution is 2.40. The van der Waals surface area contributed by atoms with Crippen LogP contribution in [0.5, 0.6) is 0 Å². The SMILES string of the molecule is Cc1ccc2c(c1)C1CN(CCCl)CCC1N2. The molecule has 0 amide bonds. The molecule has 0 spiro atoms. The number of halogens is 1. The fraction of sp³-hybridized carbons (Fsp3) is 0.571. The summed E-state index contributed by atoms with van der Waals surface area (Å²) < 4.78 is 0. The first kappa shape index (κ1) is 11.4. The lowest BCUT2D eigenvalue weighted by Gasteiger charge is -2.34. The third-order valence-corrected chi connectivity index (χ3v) is 4.21. The van der Waals surface area contributed by atoms with Crippen LogP contribution in [0.2, 0.25) is 0 Å². The Balaban J connectivity index is 1.84. The van der Waals surface area contributed by atoms with E-state index in [4.69, 9.17) is 11.6 Å². The minimum Gasteiger partial charge on any atom is -0.381 e. The largest absolute Gasteiger partial charge is 0.381 e. The van der Waals surface area contributed by atoms with E-state index in [1.54, 1.807) is 0 Å². The van der Waals surface area contributed by atoms with Crippen LogP contribution in [-0.2, 0) is 0 Å². The van der Waals surface area contributed by atoms with Gasteiger partial charge in [0.2, 0.25) is 0 Å². The van der Waals surface area contributed by atoms with Crippen molar-refractivity contribution < 1.29 is 0 Å². The van der Waals surface area contributed by atoms with Gasteiger partial charge in [0, 0.05) is 43.2 Å². The predicted molar refractivity (Wildman–Crippen MR) is 73.1 cm³/mol. The quantitative estimate of drug-likeness (QED) is 0.812. The van der Waals surface area contributed by atoms with Crippen molar-refractivity contribution >= 4 is 17.3 Å². The van der Waals surface area contributed by atoms with Gasteiger partial charge in [-0.25, -0.2) is 0 Å². The number of nitrogens with one attached hydrogen (secondary N) is 1. The summed E-state index contributed by atoms with van der Waals surface area (Å²) in [6, 6.07) is 7.41. The third-order valence-electron chi connectivity index (χ3n) is 4.05. The third kappa shape index (κ3) is 2.04. The molecule has 0 saturated carbocycles. The molecule has 0 aliphatic carbocycles. The van der Waals surface area contributed by atoms with Crippen molar-refractivity contribution in [1.82, 2.24) is 4.90 Å². The molecule has 1 N–H and O–H groups in total. The lowest BCUT2D eigenvalue weighted by atomic mass is 9.89. The van der Waals surface area contributed by atoms with Crippen LogP contribution >= 0.6 is 11.6 Å². The highest BCUT2D eigenvalue weighted by molar-refractivity contribution is 6.18. The fourth-order valence-corrected chi connectivity index (χ4v) is 3.39. The van der Waals surface area contributed by atoms with Crippen LogP contribution in [0.3, 0.4) is 0 Å². The second-order valence-electron chi connectivity index (χ2n) is 5.23. The zero-order valence-corrected chi connectivity index (χ0v) is 11.0. The Labute approximate surface area is 108 Å². The smallest absolute Gasteiger partial charge is 0.0379 e. The van der Waals surface area contributed by atoms with E-state index in [0.29, 0.717) is 12.0 Å². The Bertz CT molecular complexity index is 419. The van der Waals surface area contributed by atoms with Gasteiger partial charge in [-0.2, -0.15) is 0 Å². The summed E-state index contributed by atoms with van der Waals surface area (Å²) in [5, 5.41) is 3.67. The van der Waals surface area contributed by atoms with E-state index in [-0.39, 0.29) is 0 Å². The maximum atomic E-state index is 5.85. The summed E-state index contributed by atoms with van der Waals surface area (Å²) in [7, 11) is 0. The number of piperidine rings is 1. The van der Waals surface area contributed by atoms with Gasteiger partial charge in [0.25, 0.3) is 0 Å². The fourth-order valence-electron chi connectivity index (χ4n) is 3.15. The van der Waals surface area contributed by atoms with E-state index in [2.05, 4.69) is 35.3 Å². The predicted octanol–water partition coefficient (Wildman–Crippen LogP) is 2.82. The Kier molecular flexibility index (Phi) is 3.01. The van der Waals surface area contributed by atoms with Crippen molar-refractivity contribution in [2.45, 2.75) is 25.3 Å². The number of rotatable bonds is 2. The Morgan fingerprint density at radius 2 is 2.35 bits per heavy atom. The average Bonchev–Trinajstić information content (AvgIpc) is 2.67. The normalized spacial score (nSPS) is 27.4. The topological polar surface area (TPSA) is 15.3 Å². The van der Waals surface area contributed by atoms with E-state index >= 15 is 0 Å². The number of aryl methyl sites for hydroxylation is 1. The molecule has 0 radical (unpaired) electrons. The standard InChI is InChI=1S/C14H19ClN2/c1-10-2-3-13-11(8-10)12-9-17(7-5-15)6-4-14(12)16-13/h2-3,8,12,14,16H,4-7,9H2,1H3. The number of alkyl halides is 1. The Hall–Kier alpha value is -0.730. The van der Waals surface area contributed by atoms with Gasteiger partial charge in [-0.05, 0) is 25.0 Å². The summed E-state index contributed by atoms with van der Waals surface area (Å²) >= 11 is 5.85. The molecule has 92 valence electrons. The van der Waals surface area contributed by atoms with Gasteiger partial charge in [-0.3, -0.25) is 0 Å². The molecule has 1 aromatic rings. The molecule has 2 aliphatic heterocycles. The van der Waals surface area contributed by atoms with E-state index < -0.39 is 0 Å². The van der Waals surface area contributed by atoms with E-state index in [0.717, 1.165) is 19.0 Å². The average molecular weight is 251 g/mol. The molecule has 1 fully saturated rings. The molecule has 2 aliphatic rings. The molecule has 17 heavy (non-hydrogen) atoms. The van der Waals surface area contributed by atoms with Crippen LogP contribution in [0.15, 0.2) is 18.2 Å². The lowest BCUT2D eigenvalue weighted by Crippen LogP contribution is -2.42. The summed E-state index contributed by atoms with van der Waals surface area (Å²) in [4.78, 5) is 2.49. The zero-order valence-electron chi connectivity index (χ0n) is 10.2. The number of hydrogen-bond donors (Lipinski definition) is 1. The molecule has 3 heteroatoms. The number of nitrogens with zero attached hydrogens (tertiary/aromatic N) is 1. The van der Waals surface area contributed by atoms with E-state index in [1.165, 1.54) is 29.8 Å². The van der Waals surface area contributed by atoms with Gasteiger partial charge in [0.05, 0.1) is 0 Å². The van der Waals surface area contributed by atoms with Crippen LogP contribution in [0.4, 0.5) is 5.69 Å². The van der Waals surface area contributed by atoms with Gasteiger partial charge < -0.3 is 10.2 Å². The summed E-state index contributed by atoms with van der Waals surface area (Å²) in [6.45, 7) is 5.52. The number of fused-ring (bicyclic) bond motifs is 3. The van der Waals surface area contributed by atoms with Crippen LogP contribution in [0.25, 0.3) is 0 Å². The van der Waals surface area contributed by atoms with Gasteiger partial charge in [-0.1, -0.05) is 17.7 Å². The molecular weight excluding hydrogens is 232 g/mol. The highest BCUT2D eigenvalue weighted by Gasteiger charge is 2.36. The van der Waals surface area contributed by atoms with Crippen molar-refractivity contribution in [3.63, 3.8) is 0 Å². The summed E-state index contributed by atoms with van der Waals surface area (Å²) in [5.74, 6) is 1.40. The lowest BCUT2D eigenvalue weighted by molar-refractivity contribution is 0.213. The maximum absolute atomic E-state index is 5.85. The second kappa shape index (κ2) is 4.51. The van der Waals surface area contributed by atoms with Crippen LogP contribution < -0.4 is 5.32 Å². The summed E-state index contributed by atoms with van der Waals surface area (Å²) in [5.41, 5.74) is 4.22. The van der Waals surface area contributed by atoms with Gasteiger partial charge in [-0.15, -0.1) is 11.6 Å². The molecule has 2 unspecified atom stereocenters. The van der Waals surface area contributed by atoms with Gasteiger partial charge >= 0.3 is 0 Å². The maximum Gasteiger partial charge on any atom is 0.0379 e. The molecule has 2 atom stereocenters. The molecule has 2 heterocycles. The number of benzene rings is 1. The monoisotopic (exact) mass is 250 g/mol. The van der Waals surface area contributed by atoms with Crippen molar-refractivity contribution in [2.24, 2.45) is 0 Å². The molecule has 3 rings (SSSR count). The minimum absolute atomic E-state index is 0.637. The highest BCUT2D eigenvalue weighted by atomic mass is 35.5. The van der Waals surface area contributed by atoms with Crippen LogP contribution in [0, 0.1) is 6.92 Å². The minimum atomic E-state index is 0.637. The molecule has 1 saturated heterocycles. The second-order valence-corrected chi connectivity index (χ2v) is 5.60. The van der Waals surface area contributed by atoms with Crippen molar-refractivity contribution in [2.75, 3.05) is 30.8 Å². The van der Waals surface area contributed by atoms with E-state index in [1.807, 2.05) is 0 Å². The Morgan fingerprint density at radius 1 is 1.47 bits per heavy atom. The molecule has 2 nitrogen and oxygen atoms in total. The van der Waals surface area contributed by atoms with Gasteiger partial charge in [0.15, 0.2) is 0 Å². The Morgan fingerprint density at radius 3 is 3.18 bits per heavy atom. The summed E-state index contributed by atoms with van der Waals surface area (Å²) in [6.07, 6.45) is 1.23. The number of likely N-dealkylation sites (tertiary alicyclic amines) is 1. The van der Waals surface area contributed by atoms with Crippen LogP contribution in [-0.4, -0.2) is 36.5 Å². The molecule has 1 aromatic carbocycles. The molecule has 0 bridgehead atoms. The van der Waals surface area contributed by atoms with E-state index in [9.17, 15) is 0 Å². The van der Waals surface area contributed by atoms with Crippen molar-refractivity contribution in [1.29, 1.82) is 0 Å². The van der Waals surface area contributed by atoms with Gasteiger partial charge in [0.1, 0.15) is 0 Å². The molecule has 0 aromatic heterocycles. The number of anilines is 1. The first-order valence-corrected chi connectivity index (χ1v) is 6.97. The van der Waals surface area contributed by atoms with Crippen LogP contribution in [0.1, 0.15) is 23.5 Å². The van der Waals surface area contributed by atoms with Crippen molar-refractivity contribution in [3.8, 4) is 0 Å². The first-order chi connectivity index (χ1) is 8.28. The zero-order chi connectivity index (χ0) is 11.8. The molecular formula is C14H19ClN2. The number of hydrogen-bond acceptors (Lipinski definition) is 2. The first-order valence-electron chi connectivity index (χ1n) is 6.43.